The molecule has 1 saturated heterocycles. The minimum Gasteiger partial charge on any atom is -0.481 e. The summed E-state index contributed by atoms with van der Waals surface area (Å²) in [6.07, 6.45) is 3.27. The van der Waals surface area contributed by atoms with E-state index in [2.05, 4.69) is 15.2 Å². The SMILES string of the molecule is CCC1(C(=O)O)CCN(Cc2cn(C)nn2)C1. The first-order valence-corrected chi connectivity index (χ1v) is 5.87. The zero-order chi connectivity index (χ0) is 12.5. The molecule has 0 spiro atoms. The highest BCUT2D eigenvalue weighted by Gasteiger charge is 2.43. The summed E-state index contributed by atoms with van der Waals surface area (Å²) in [6.45, 7) is 4.05. The third kappa shape index (κ3) is 2.31. The van der Waals surface area contributed by atoms with Crippen LogP contribution in [0.5, 0.6) is 0 Å². The predicted octanol–water partition coefficient (Wildman–Crippen LogP) is 0.502. The van der Waals surface area contributed by atoms with Crippen molar-refractivity contribution >= 4 is 5.97 Å². The molecule has 17 heavy (non-hydrogen) atoms. The summed E-state index contributed by atoms with van der Waals surface area (Å²) in [7, 11) is 1.83. The van der Waals surface area contributed by atoms with E-state index in [1.165, 1.54) is 0 Å². The molecule has 1 unspecified atom stereocenters. The Morgan fingerprint density at radius 3 is 2.88 bits per heavy atom. The van der Waals surface area contributed by atoms with Gasteiger partial charge in [-0.1, -0.05) is 12.1 Å². The molecule has 0 amide bonds. The molecule has 94 valence electrons. The smallest absolute Gasteiger partial charge is 0.310 e. The molecule has 0 saturated carbocycles. The summed E-state index contributed by atoms with van der Waals surface area (Å²) >= 11 is 0. The van der Waals surface area contributed by atoms with Crippen molar-refractivity contribution in [3.8, 4) is 0 Å². The van der Waals surface area contributed by atoms with E-state index < -0.39 is 11.4 Å². The van der Waals surface area contributed by atoms with Gasteiger partial charge < -0.3 is 5.11 Å². The average Bonchev–Trinajstić information content (AvgIpc) is 2.87. The van der Waals surface area contributed by atoms with Crippen molar-refractivity contribution in [1.82, 2.24) is 19.9 Å². The molecule has 1 aromatic heterocycles. The number of carboxylic acid groups (broad SMARTS) is 1. The summed E-state index contributed by atoms with van der Waals surface area (Å²) in [5, 5.41) is 17.2. The Morgan fingerprint density at radius 1 is 1.65 bits per heavy atom. The van der Waals surface area contributed by atoms with Crippen LogP contribution >= 0.6 is 0 Å². The number of hydrogen-bond acceptors (Lipinski definition) is 4. The quantitative estimate of drug-likeness (QED) is 0.827. The van der Waals surface area contributed by atoms with Crippen LogP contribution in [0.15, 0.2) is 6.20 Å². The van der Waals surface area contributed by atoms with Gasteiger partial charge in [0.15, 0.2) is 0 Å². The number of aliphatic carboxylic acids is 1. The molecule has 0 aliphatic carbocycles. The maximum absolute atomic E-state index is 11.3. The first kappa shape index (κ1) is 12.0. The van der Waals surface area contributed by atoms with Gasteiger partial charge in [0, 0.05) is 26.3 Å². The minimum absolute atomic E-state index is 0.567. The maximum atomic E-state index is 11.3. The van der Waals surface area contributed by atoms with Crippen molar-refractivity contribution in [2.45, 2.75) is 26.3 Å². The Kier molecular flexibility index (Phi) is 3.15. The number of rotatable bonds is 4. The number of aryl methyl sites for hydroxylation is 1. The third-order valence-corrected chi connectivity index (χ3v) is 3.60. The second-order valence-electron chi connectivity index (χ2n) is 4.78. The Balaban J connectivity index is 2.00. The molecular formula is C11H18N4O2. The van der Waals surface area contributed by atoms with Crippen LogP contribution in [0.2, 0.25) is 0 Å². The summed E-state index contributed by atoms with van der Waals surface area (Å²) in [5.41, 5.74) is 0.326. The van der Waals surface area contributed by atoms with Gasteiger partial charge in [-0.2, -0.15) is 0 Å². The van der Waals surface area contributed by atoms with Gasteiger partial charge in [-0.15, -0.1) is 5.10 Å². The maximum Gasteiger partial charge on any atom is 0.310 e. The van der Waals surface area contributed by atoms with E-state index in [4.69, 9.17) is 0 Å². The highest BCUT2D eigenvalue weighted by molar-refractivity contribution is 5.75. The predicted molar refractivity (Wildman–Crippen MR) is 61.3 cm³/mol. The van der Waals surface area contributed by atoms with Crippen LogP contribution in [0, 0.1) is 5.41 Å². The highest BCUT2D eigenvalue weighted by Crippen LogP contribution is 2.34. The molecular weight excluding hydrogens is 220 g/mol. The average molecular weight is 238 g/mol. The molecule has 6 heteroatoms. The van der Waals surface area contributed by atoms with Crippen LogP contribution in [0.1, 0.15) is 25.5 Å². The molecule has 1 aliphatic heterocycles. The van der Waals surface area contributed by atoms with Crippen LogP contribution in [-0.2, 0) is 18.4 Å². The first-order valence-electron chi connectivity index (χ1n) is 5.87. The van der Waals surface area contributed by atoms with E-state index in [1.807, 2.05) is 20.2 Å². The molecule has 1 aliphatic rings. The first-order chi connectivity index (χ1) is 8.05. The van der Waals surface area contributed by atoms with Gasteiger partial charge in [0.1, 0.15) is 0 Å². The lowest BCUT2D eigenvalue weighted by molar-refractivity contribution is -0.148. The van der Waals surface area contributed by atoms with Gasteiger partial charge in [-0.05, 0) is 19.4 Å². The van der Waals surface area contributed by atoms with Gasteiger partial charge in [-0.25, -0.2) is 0 Å². The van der Waals surface area contributed by atoms with E-state index in [9.17, 15) is 9.90 Å². The zero-order valence-electron chi connectivity index (χ0n) is 10.3. The third-order valence-electron chi connectivity index (χ3n) is 3.60. The fourth-order valence-corrected chi connectivity index (χ4v) is 2.40. The van der Waals surface area contributed by atoms with Crippen molar-refractivity contribution in [1.29, 1.82) is 0 Å². The van der Waals surface area contributed by atoms with E-state index in [0.717, 1.165) is 18.7 Å². The number of carbonyl (C=O) groups is 1. The van der Waals surface area contributed by atoms with E-state index in [1.54, 1.807) is 4.68 Å². The number of hydrogen-bond donors (Lipinski definition) is 1. The fourth-order valence-electron chi connectivity index (χ4n) is 2.40. The number of carboxylic acids is 1. The number of nitrogens with zero attached hydrogens (tertiary/aromatic N) is 4. The molecule has 1 fully saturated rings. The van der Waals surface area contributed by atoms with Crippen molar-refractivity contribution < 1.29 is 9.90 Å². The van der Waals surface area contributed by atoms with Gasteiger partial charge in [0.2, 0.25) is 0 Å². The molecule has 2 rings (SSSR count). The summed E-state index contributed by atoms with van der Waals surface area (Å²) < 4.78 is 1.66. The van der Waals surface area contributed by atoms with Crippen LogP contribution in [0.4, 0.5) is 0 Å². The second kappa shape index (κ2) is 4.44. The van der Waals surface area contributed by atoms with Crippen molar-refractivity contribution in [3.63, 3.8) is 0 Å². The zero-order valence-corrected chi connectivity index (χ0v) is 10.3. The van der Waals surface area contributed by atoms with Gasteiger partial charge in [0.05, 0.1) is 11.1 Å². The Morgan fingerprint density at radius 2 is 2.41 bits per heavy atom. The van der Waals surface area contributed by atoms with E-state index >= 15 is 0 Å². The Hall–Kier alpha value is -1.43. The molecule has 1 N–H and O–H groups in total. The monoisotopic (exact) mass is 238 g/mol. The molecule has 2 heterocycles. The van der Waals surface area contributed by atoms with Crippen molar-refractivity contribution in [3.05, 3.63) is 11.9 Å². The standard InChI is InChI=1S/C11H18N4O2/c1-3-11(10(16)17)4-5-15(8-11)7-9-6-14(2)13-12-9/h6H,3-5,7-8H2,1-2H3,(H,16,17). The van der Waals surface area contributed by atoms with Gasteiger partial charge in [-0.3, -0.25) is 14.4 Å². The molecule has 0 aromatic carbocycles. The number of likely N-dealkylation sites (tertiary alicyclic amines) is 1. The Labute approximate surface area is 100 Å². The molecule has 6 nitrogen and oxygen atoms in total. The van der Waals surface area contributed by atoms with Crippen LogP contribution in [0.3, 0.4) is 0 Å². The van der Waals surface area contributed by atoms with E-state index in [0.29, 0.717) is 19.5 Å². The van der Waals surface area contributed by atoms with Crippen LogP contribution in [0.25, 0.3) is 0 Å². The molecule has 0 radical (unpaired) electrons. The van der Waals surface area contributed by atoms with E-state index in [-0.39, 0.29) is 0 Å². The highest BCUT2D eigenvalue weighted by atomic mass is 16.4. The topological polar surface area (TPSA) is 71.2 Å². The Bertz CT molecular complexity index is 417. The van der Waals surface area contributed by atoms with Crippen LogP contribution in [-0.4, -0.2) is 44.1 Å². The normalized spacial score (nSPS) is 25.3. The largest absolute Gasteiger partial charge is 0.481 e. The number of aromatic nitrogens is 3. The molecule has 1 atom stereocenters. The lowest BCUT2D eigenvalue weighted by atomic mass is 9.84. The van der Waals surface area contributed by atoms with Crippen molar-refractivity contribution in [2.24, 2.45) is 12.5 Å². The lowest BCUT2D eigenvalue weighted by Gasteiger charge is -2.22. The van der Waals surface area contributed by atoms with Gasteiger partial charge in [0.25, 0.3) is 0 Å². The summed E-state index contributed by atoms with van der Waals surface area (Å²) in [6, 6.07) is 0. The molecule has 1 aromatic rings. The summed E-state index contributed by atoms with van der Waals surface area (Å²) in [5.74, 6) is -0.679. The van der Waals surface area contributed by atoms with Crippen LogP contribution < -0.4 is 0 Å². The van der Waals surface area contributed by atoms with Gasteiger partial charge >= 0.3 is 5.97 Å². The summed E-state index contributed by atoms with van der Waals surface area (Å²) in [4.78, 5) is 13.4. The second-order valence-corrected chi connectivity index (χ2v) is 4.78. The molecule has 0 bridgehead atoms. The lowest BCUT2D eigenvalue weighted by Crippen LogP contribution is -2.33. The minimum atomic E-state index is -0.679. The fraction of sp³-hybridized carbons (Fsp3) is 0.727. The van der Waals surface area contributed by atoms with Crippen molar-refractivity contribution in [2.75, 3.05) is 13.1 Å².